The summed E-state index contributed by atoms with van der Waals surface area (Å²) in [6.45, 7) is 0. The first-order valence-electron chi connectivity index (χ1n) is 1.61. The molecular formula is C2H9N5S. The summed E-state index contributed by atoms with van der Waals surface area (Å²) in [7, 11) is 0. The fourth-order valence-electron chi connectivity index (χ4n) is 0. The van der Waals surface area contributed by atoms with Gasteiger partial charge in [-0.25, -0.2) is 0 Å². The van der Waals surface area contributed by atoms with E-state index in [1.807, 2.05) is 0 Å². The van der Waals surface area contributed by atoms with Crippen molar-refractivity contribution in [1.29, 1.82) is 5.41 Å². The molecule has 0 unspecified atom stereocenters. The van der Waals surface area contributed by atoms with Gasteiger partial charge in [-0.1, -0.05) is 0 Å². The average Bonchev–Trinajstić information content (AvgIpc) is 1.25. The highest BCUT2D eigenvalue weighted by atomic mass is 32.1. The van der Waals surface area contributed by atoms with Crippen LogP contribution < -0.4 is 22.9 Å². The molecule has 0 aliphatic carbocycles. The normalized spacial score (nSPS) is 6.00. The first-order valence-corrected chi connectivity index (χ1v) is 2.02. The van der Waals surface area contributed by atoms with Crippen LogP contribution >= 0.6 is 12.2 Å². The summed E-state index contributed by atoms with van der Waals surface area (Å²) < 4.78 is 0. The van der Waals surface area contributed by atoms with E-state index in [1.54, 1.807) is 0 Å². The Morgan fingerprint density at radius 2 is 1.12 bits per heavy atom. The van der Waals surface area contributed by atoms with Crippen LogP contribution in [0, 0.1) is 5.41 Å². The van der Waals surface area contributed by atoms with Crippen molar-refractivity contribution >= 4 is 23.3 Å². The van der Waals surface area contributed by atoms with Gasteiger partial charge in [0.25, 0.3) is 0 Å². The van der Waals surface area contributed by atoms with Gasteiger partial charge in [0.05, 0.1) is 0 Å². The number of nitrogens with two attached hydrogens (primary N) is 4. The minimum Gasteiger partial charge on any atom is -0.377 e. The van der Waals surface area contributed by atoms with Crippen LogP contribution in [0.15, 0.2) is 0 Å². The van der Waals surface area contributed by atoms with Gasteiger partial charge in [-0.3, -0.25) is 5.41 Å². The molecule has 0 fully saturated rings. The maximum atomic E-state index is 6.06. The molecule has 9 N–H and O–H groups in total. The molecule has 0 aliphatic heterocycles. The Labute approximate surface area is 52.5 Å². The lowest BCUT2D eigenvalue weighted by Crippen LogP contribution is -2.20. The monoisotopic (exact) mass is 135 g/mol. The molecule has 0 radical (unpaired) electrons. The third-order valence-electron chi connectivity index (χ3n) is 0. The molecule has 0 saturated carbocycles. The van der Waals surface area contributed by atoms with E-state index in [-0.39, 0.29) is 11.1 Å². The Morgan fingerprint density at radius 1 is 1.12 bits per heavy atom. The third kappa shape index (κ3) is 71.9. The van der Waals surface area contributed by atoms with Crippen molar-refractivity contribution in [2.75, 3.05) is 0 Å². The molecule has 5 nitrogen and oxygen atoms in total. The van der Waals surface area contributed by atoms with Gasteiger partial charge in [-0.05, 0) is 12.2 Å². The lowest BCUT2D eigenvalue weighted by molar-refractivity contribution is 1.39. The average molecular weight is 135 g/mol. The van der Waals surface area contributed by atoms with E-state index in [0.717, 1.165) is 0 Å². The maximum absolute atomic E-state index is 6.06. The van der Waals surface area contributed by atoms with Crippen molar-refractivity contribution in [3.8, 4) is 0 Å². The van der Waals surface area contributed by atoms with Gasteiger partial charge in [0.15, 0.2) is 11.1 Å². The predicted molar refractivity (Wildman–Crippen MR) is 37.1 cm³/mol. The molecule has 0 bridgehead atoms. The van der Waals surface area contributed by atoms with Gasteiger partial charge in [-0.15, -0.1) is 0 Å². The van der Waals surface area contributed by atoms with Crippen molar-refractivity contribution in [2.45, 2.75) is 0 Å². The van der Waals surface area contributed by atoms with Gasteiger partial charge >= 0.3 is 0 Å². The van der Waals surface area contributed by atoms with Gasteiger partial charge in [0, 0.05) is 0 Å². The molecule has 0 rings (SSSR count). The van der Waals surface area contributed by atoms with Crippen LogP contribution in [-0.2, 0) is 0 Å². The van der Waals surface area contributed by atoms with Gasteiger partial charge in [0.2, 0.25) is 0 Å². The molecule has 0 aromatic heterocycles. The fraction of sp³-hybridized carbons (Fsp3) is 0. The zero-order valence-electron chi connectivity index (χ0n) is 4.22. The second kappa shape index (κ2) is 5.96. The highest BCUT2D eigenvalue weighted by Crippen LogP contribution is 1.32. The Balaban J connectivity index is 0. The summed E-state index contributed by atoms with van der Waals surface area (Å²) in [6.07, 6.45) is 0. The summed E-state index contributed by atoms with van der Waals surface area (Å²) in [4.78, 5) is 0. The van der Waals surface area contributed by atoms with E-state index in [4.69, 9.17) is 5.41 Å². The minimum absolute atomic E-state index is 0.000000000000000222. The zero-order chi connectivity index (χ0) is 7.15. The summed E-state index contributed by atoms with van der Waals surface area (Å²) in [5.74, 6) is -0.333. The van der Waals surface area contributed by atoms with E-state index in [0.29, 0.717) is 0 Å². The summed E-state index contributed by atoms with van der Waals surface area (Å²) in [5.41, 5.74) is 18.2. The molecule has 0 aromatic carbocycles. The van der Waals surface area contributed by atoms with Crippen LogP contribution in [0.3, 0.4) is 0 Å². The van der Waals surface area contributed by atoms with Gasteiger partial charge in [0.1, 0.15) is 0 Å². The van der Waals surface area contributed by atoms with Crippen molar-refractivity contribution < 1.29 is 0 Å². The second-order valence-corrected chi connectivity index (χ2v) is 1.33. The highest BCUT2D eigenvalue weighted by Gasteiger charge is 1.53. The van der Waals surface area contributed by atoms with Crippen LogP contribution in [-0.4, -0.2) is 11.1 Å². The maximum Gasteiger partial charge on any atom is 0.183 e. The van der Waals surface area contributed by atoms with E-state index >= 15 is 0 Å². The SMILES string of the molecule is N=C(N)N.NC(N)=S. The van der Waals surface area contributed by atoms with E-state index in [1.165, 1.54) is 0 Å². The fourth-order valence-corrected chi connectivity index (χ4v) is 0. The second-order valence-electron chi connectivity index (χ2n) is 0.858. The summed E-state index contributed by atoms with van der Waals surface area (Å²) in [5, 5.41) is 6.06. The van der Waals surface area contributed by atoms with Crippen molar-refractivity contribution in [1.82, 2.24) is 0 Å². The number of hydrogen-bond acceptors (Lipinski definition) is 2. The number of rotatable bonds is 0. The van der Waals surface area contributed by atoms with Crippen LogP contribution in [0.1, 0.15) is 0 Å². The molecule has 0 saturated heterocycles. The Bertz CT molecular complexity index is 68.4. The van der Waals surface area contributed by atoms with Gasteiger partial charge in [-0.2, -0.15) is 0 Å². The molecule has 8 heavy (non-hydrogen) atoms. The van der Waals surface area contributed by atoms with Gasteiger partial charge < -0.3 is 22.9 Å². The number of hydrogen-bond donors (Lipinski definition) is 5. The summed E-state index contributed by atoms with van der Waals surface area (Å²) >= 11 is 4.09. The lowest BCUT2D eigenvalue weighted by Gasteiger charge is -1.69. The third-order valence-corrected chi connectivity index (χ3v) is 0. The zero-order valence-corrected chi connectivity index (χ0v) is 5.03. The Hall–Kier alpha value is -1.04. The molecule has 6 heteroatoms. The van der Waals surface area contributed by atoms with Crippen molar-refractivity contribution in [3.63, 3.8) is 0 Å². The van der Waals surface area contributed by atoms with Crippen LogP contribution in [0.5, 0.6) is 0 Å². The first kappa shape index (κ1) is 10.0. The smallest absolute Gasteiger partial charge is 0.183 e. The van der Waals surface area contributed by atoms with Crippen molar-refractivity contribution in [2.24, 2.45) is 22.9 Å². The predicted octanol–water partition coefficient (Wildman–Crippen LogP) is -1.97. The quantitative estimate of drug-likeness (QED) is 0.149. The molecule has 0 atom stereocenters. The van der Waals surface area contributed by atoms with E-state index in [9.17, 15) is 0 Å². The lowest BCUT2D eigenvalue weighted by atomic mass is 11.1. The molecule has 0 aliphatic rings. The number of thiocarbonyl (C=S) groups is 1. The minimum atomic E-state index is -0.333. The molecule has 0 aromatic rings. The van der Waals surface area contributed by atoms with Crippen LogP contribution in [0.25, 0.3) is 0 Å². The molecule has 0 spiro atoms. The molecule has 0 heterocycles. The standard InChI is InChI=1S/CH5N3.CH4N2S/c2*2-1(3)4/h(H5,2,3,4);(H4,2,3,4). The van der Waals surface area contributed by atoms with E-state index < -0.39 is 0 Å². The molecular weight excluding hydrogens is 126 g/mol. The summed E-state index contributed by atoms with van der Waals surface area (Å²) in [6, 6.07) is 0. The van der Waals surface area contributed by atoms with E-state index in [2.05, 4.69) is 35.2 Å². The van der Waals surface area contributed by atoms with Crippen molar-refractivity contribution in [3.05, 3.63) is 0 Å². The molecule has 48 valence electrons. The Kier molecular flexibility index (Phi) is 7.49. The highest BCUT2D eigenvalue weighted by molar-refractivity contribution is 7.80. The van der Waals surface area contributed by atoms with Crippen LogP contribution in [0.2, 0.25) is 0 Å². The molecule has 0 amide bonds. The number of nitrogens with one attached hydrogen (secondary N) is 1. The largest absolute Gasteiger partial charge is 0.377 e. The number of guanidine groups is 1. The van der Waals surface area contributed by atoms with Crippen LogP contribution in [0.4, 0.5) is 0 Å². The first-order chi connectivity index (χ1) is 3.46. The topological polar surface area (TPSA) is 128 Å². The Morgan fingerprint density at radius 3 is 1.12 bits per heavy atom.